The minimum atomic E-state index is -2.59. The lowest BCUT2D eigenvalue weighted by Crippen LogP contribution is -2.62. The summed E-state index contributed by atoms with van der Waals surface area (Å²) in [5.74, 6) is -4.73. The molecule has 2 saturated heterocycles. The fourth-order valence-corrected chi connectivity index (χ4v) is 7.86. The molecule has 1 aromatic heterocycles. The minimum Gasteiger partial charge on any atom is -0.394 e. The van der Waals surface area contributed by atoms with Gasteiger partial charge in [0.2, 0.25) is 23.6 Å². The Morgan fingerprint density at radius 3 is 2.03 bits per heavy atom. The van der Waals surface area contributed by atoms with Gasteiger partial charge in [-0.15, -0.1) is 0 Å². The van der Waals surface area contributed by atoms with E-state index in [-0.39, 0.29) is 25.8 Å². The quantitative estimate of drug-likeness (QED) is 0.0539. The van der Waals surface area contributed by atoms with E-state index in [1.165, 1.54) is 0 Å². The lowest BCUT2D eigenvalue weighted by atomic mass is 9.98. The number of aliphatic hydroxyl groups is 8. The number of aromatic nitrogens is 1. The molecular formula is C45H56N6O15. The SMILES string of the molecule is O=C1CC(NC(=O)[C@@H](O)[C@H](O)[C@@H](O[C@@H]2O[C@H](CO)[C@H](O)[C@H](O)[C@H]2O)[C@@H](O)CO)C(=O)NC[C@@H](Cc2ccccc2)NC(=O)[C@H](Cc2ccccc2)NC(=O)[C@H](Cc2c[nH]c3ccccc23)N1. The number of carbonyl (C=O) groups excluding carboxylic acids is 5. The molecule has 0 bridgehead atoms. The maximum atomic E-state index is 14.3. The monoisotopic (exact) mass is 920 g/mol. The van der Waals surface area contributed by atoms with Gasteiger partial charge in [0.15, 0.2) is 12.4 Å². The van der Waals surface area contributed by atoms with Crippen molar-refractivity contribution in [2.75, 3.05) is 19.8 Å². The van der Waals surface area contributed by atoms with Crippen LogP contribution in [0.4, 0.5) is 0 Å². The number of H-pyrrole nitrogens is 1. The van der Waals surface area contributed by atoms with Crippen LogP contribution in [0.1, 0.15) is 23.1 Å². The average molecular weight is 921 g/mol. The fraction of sp³-hybridized carbons (Fsp3) is 0.444. The standard InChI is InChI=1S/C45H56N6O15/c52-21-32(54)40(66-45-39(60)36(57)35(56)33(22-53)65-45)37(58)38(59)44(64)51-31-18-34(55)49-30(17-25-19-46-28-14-8-7-13-27(25)28)43(63)50-29(16-24-11-5-2-6-12-24)42(62)48-26(20-47-41(31)61)15-23-9-3-1-4-10-23/h1-14,19,26,29-33,35-40,45-46,52-54,56-60H,15-18,20-22H2,(H,47,61)(H,48,62)(H,49,55)(H,50,63)(H,51,64)/t26-,29+,30+,31?,32+,33-,35+,36+,37+,38+,39-,40+,45+/m1/s1. The second kappa shape index (κ2) is 23.1. The molecule has 1 unspecified atom stereocenters. The first-order chi connectivity index (χ1) is 31.7. The summed E-state index contributed by atoms with van der Waals surface area (Å²) >= 11 is 0. The summed E-state index contributed by atoms with van der Waals surface area (Å²) in [6.45, 7) is -2.27. The molecule has 3 aromatic carbocycles. The summed E-state index contributed by atoms with van der Waals surface area (Å²) in [5, 5.41) is 97.0. The van der Waals surface area contributed by atoms with Gasteiger partial charge in [0.25, 0.3) is 5.91 Å². The van der Waals surface area contributed by atoms with Crippen molar-refractivity contribution in [1.29, 1.82) is 0 Å². The van der Waals surface area contributed by atoms with Crippen LogP contribution >= 0.6 is 0 Å². The van der Waals surface area contributed by atoms with Crippen LogP contribution in [0.15, 0.2) is 91.1 Å². The van der Waals surface area contributed by atoms with Gasteiger partial charge in [0, 0.05) is 36.5 Å². The molecule has 356 valence electrons. The van der Waals surface area contributed by atoms with Gasteiger partial charge in [-0.25, -0.2) is 0 Å². The summed E-state index contributed by atoms with van der Waals surface area (Å²) in [5.41, 5.74) is 2.88. The summed E-state index contributed by atoms with van der Waals surface area (Å²) in [4.78, 5) is 73.4. The topological polar surface area (TPSA) is 342 Å². The highest BCUT2D eigenvalue weighted by molar-refractivity contribution is 5.96. The maximum Gasteiger partial charge on any atom is 0.252 e. The van der Waals surface area contributed by atoms with Gasteiger partial charge in [0.1, 0.15) is 60.9 Å². The van der Waals surface area contributed by atoms with E-state index in [1.54, 1.807) is 72.9 Å². The van der Waals surface area contributed by atoms with Crippen molar-refractivity contribution in [1.82, 2.24) is 31.6 Å². The van der Waals surface area contributed by atoms with Gasteiger partial charge in [-0.3, -0.25) is 24.0 Å². The number of amides is 5. The largest absolute Gasteiger partial charge is 0.394 e. The van der Waals surface area contributed by atoms with Crippen molar-refractivity contribution in [2.24, 2.45) is 0 Å². The van der Waals surface area contributed by atoms with Gasteiger partial charge < -0.3 is 81.9 Å². The first kappa shape index (κ1) is 49.6. The van der Waals surface area contributed by atoms with Crippen LogP contribution < -0.4 is 26.6 Å². The number of benzene rings is 3. The number of aliphatic hydroxyl groups excluding tert-OH is 8. The van der Waals surface area contributed by atoms with E-state index in [2.05, 4.69) is 31.6 Å². The molecule has 3 heterocycles. The van der Waals surface area contributed by atoms with Crippen molar-refractivity contribution in [3.8, 4) is 0 Å². The summed E-state index contributed by atoms with van der Waals surface area (Å²) in [6.07, 6.45) is -17.6. The van der Waals surface area contributed by atoms with Crippen LogP contribution in [0.5, 0.6) is 0 Å². The number of hydrogen-bond donors (Lipinski definition) is 14. The van der Waals surface area contributed by atoms with E-state index in [0.29, 0.717) is 5.56 Å². The Labute approximate surface area is 378 Å². The van der Waals surface area contributed by atoms with E-state index >= 15 is 0 Å². The Hall–Kier alpha value is -5.85. The lowest BCUT2D eigenvalue weighted by Gasteiger charge is -2.42. The Morgan fingerprint density at radius 2 is 1.36 bits per heavy atom. The van der Waals surface area contributed by atoms with Crippen molar-refractivity contribution in [3.63, 3.8) is 0 Å². The molecule has 4 aromatic rings. The predicted octanol–water partition coefficient (Wildman–Crippen LogP) is -4.08. The molecule has 66 heavy (non-hydrogen) atoms. The smallest absolute Gasteiger partial charge is 0.252 e. The zero-order valence-corrected chi connectivity index (χ0v) is 35.6. The van der Waals surface area contributed by atoms with Gasteiger partial charge in [-0.1, -0.05) is 78.9 Å². The van der Waals surface area contributed by atoms with Crippen LogP contribution in [0.2, 0.25) is 0 Å². The van der Waals surface area contributed by atoms with E-state index in [0.717, 1.165) is 22.0 Å². The fourth-order valence-electron chi connectivity index (χ4n) is 7.86. The summed E-state index contributed by atoms with van der Waals surface area (Å²) in [7, 11) is 0. The van der Waals surface area contributed by atoms with Gasteiger partial charge in [0.05, 0.1) is 25.7 Å². The zero-order chi connectivity index (χ0) is 47.5. The van der Waals surface area contributed by atoms with E-state index in [1.807, 2.05) is 18.2 Å². The van der Waals surface area contributed by atoms with Crippen LogP contribution in [-0.2, 0) is 52.7 Å². The van der Waals surface area contributed by atoms with Crippen molar-refractivity contribution >= 4 is 40.4 Å². The van der Waals surface area contributed by atoms with E-state index in [4.69, 9.17) is 9.47 Å². The lowest BCUT2D eigenvalue weighted by molar-refractivity contribution is -0.326. The second-order valence-corrected chi connectivity index (χ2v) is 16.3. The molecule has 5 amide bonds. The van der Waals surface area contributed by atoms with Gasteiger partial charge >= 0.3 is 0 Å². The Morgan fingerprint density at radius 1 is 0.742 bits per heavy atom. The third kappa shape index (κ3) is 12.5. The highest BCUT2D eigenvalue weighted by Gasteiger charge is 2.48. The summed E-state index contributed by atoms with van der Waals surface area (Å²) < 4.78 is 10.7. The van der Waals surface area contributed by atoms with Crippen molar-refractivity contribution < 1.29 is 74.3 Å². The normalized spacial score (nSPS) is 27.5. The van der Waals surface area contributed by atoms with Gasteiger partial charge in [-0.2, -0.15) is 0 Å². The zero-order valence-electron chi connectivity index (χ0n) is 35.6. The molecule has 21 heteroatoms. The van der Waals surface area contributed by atoms with Crippen LogP contribution in [0.3, 0.4) is 0 Å². The van der Waals surface area contributed by atoms with Crippen molar-refractivity contribution in [3.05, 3.63) is 108 Å². The van der Waals surface area contributed by atoms with Crippen LogP contribution in [0.25, 0.3) is 10.9 Å². The third-order valence-corrected chi connectivity index (χ3v) is 11.5. The highest BCUT2D eigenvalue weighted by Crippen LogP contribution is 2.25. The molecule has 21 nitrogen and oxygen atoms in total. The molecule has 0 aliphatic carbocycles. The number of hydrogen-bond acceptors (Lipinski definition) is 15. The number of fused-ring (bicyclic) bond motifs is 1. The molecule has 14 N–H and O–H groups in total. The van der Waals surface area contributed by atoms with Crippen molar-refractivity contribution in [2.45, 2.75) is 105 Å². The molecule has 2 aliphatic heterocycles. The van der Waals surface area contributed by atoms with Crippen LogP contribution in [0, 0.1) is 0 Å². The number of carbonyl (C=O) groups is 5. The number of nitrogens with one attached hydrogen (secondary N) is 6. The van der Waals surface area contributed by atoms with Gasteiger partial charge in [-0.05, 0) is 29.2 Å². The molecule has 0 radical (unpaired) electrons. The molecule has 13 atom stereocenters. The highest BCUT2D eigenvalue weighted by atomic mass is 16.7. The molecule has 6 rings (SSSR count). The molecule has 2 aliphatic rings. The average Bonchev–Trinajstić information content (AvgIpc) is 3.73. The molecule has 0 saturated carbocycles. The Bertz CT molecular complexity index is 2250. The number of aromatic amines is 1. The first-order valence-corrected chi connectivity index (χ1v) is 21.4. The minimum absolute atomic E-state index is 0.0720. The number of ether oxygens (including phenoxy) is 2. The molecule has 2 fully saturated rings. The Balaban J connectivity index is 1.28. The molecular weight excluding hydrogens is 865 g/mol. The summed E-state index contributed by atoms with van der Waals surface area (Å²) in [6, 6.07) is 20.1. The van der Waals surface area contributed by atoms with E-state index in [9.17, 15) is 64.8 Å². The van der Waals surface area contributed by atoms with Crippen LogP contribution in [-0.4, -0.2) is 174 Å². The third-order valence-electron chi connectivity index (χ3n) is 11.5. The first-order valence-electron chi connectivity index (χ1n) is 21.4. The van der Waals surface area contributed by atoms with E-state index < -0.39 is 128 Å². The maximum absolute atomic E-state index is 14.3. The number of para-hydroxylation sites is 1. The number of rotatable bonds is 15. The predicted molar refractivity (Wildman–Crippen MR) is 231 cm³/mol. The second-order valence-electron chi connectivity index (χ2n) is 16.3. The Kier molecular flexibility index (Phi) is 17.3. The molecule has 0 spiro atoms.